The number of hydrogen-bond acceptors (Lipinski definition) is 6. The molecule has 0 spiro atoms. The van der Waals surface area contributed by atoms with E-state index in [1.807, 2.05) is 44.2 Å². The number of methoxy groups -OCH3 is 1. The van der Waals surface area contributed by atoms with E-state index in [0.717, 1.165) is 22.4 Å². The molecular weight excluding hydrogens is 346 g/mol. The summed E-state index contributed by atoms with van der Waals surface area (Å²) >= 11 is 0. The van der Waals surface area contributed by atoms with Crippen LogP contribution in [0.1, 0.15) is 18.1 Å². The second kappa shape index (κ2) is 7.90. The van der Waals surface area contributed by atoms with E-state index in [0.29, 0.717) is 11.4 Å². The first-order valence-corrected chi connectivity index (χ1v) is 8.49. The molecule has 0 fully saturated rings. The Hall–Kier alpha value is -3.35. The number of aryl methyl sites for hydroxylation is 2. The van der Waals surface area contributed by atoms with Gasteiger partial charge in [-0.25, -0.2) is 4.63 Å². The molecular formula is C20H21N3O4. The topological polar surface area (TPSA) is 86.5 Å². The Balaban J connectivity index is 1.71. The van der Waals surface area contributed by atoms with Crippen LogP contribution in [0.25, 0.3) is 11.3 Å². The number of nitrogens with one attached hydrogen (secondary N) is 1. The number of aromatic nitrogens is 2. The summed E-state index contributed by atoms with van der Waals surface area (Å²) < 4.78 is 15.7. The van der Waals surface area contributed by atoms with E-state index in [-0.39, 0.29) is 11.7 Å². The van der Waals surface area contributed by atoms with Crippen molar-refractivity contribution in [2.45, 2.75) is 26.9 Å². The number of hydrogen-bond donors (Lipinski definition) is 1. The molecule has 7 heteroatoms. The lowest BCUT2D eigenvalue weighted by Crippen LogP contribution is -2.30. The van der Waals surface area contributed by atoms with Gasteiger partial charge in [-0.1, -0.05) is 6.07 Å². The summed E-state index contributed by atoms with van der Waals surface area (Å²) in [4.78, 5) is 12.5. The molecule has 1 N–H and O–H groups in total. The maximum Gasteiger partial charge on any atom is 0.266 e. The largest absolute Gasteiger partial charge is 0.497 e. The van der Waals surface area contributed by atoms with Gasteiger partial charge in [-0.15, -0.1) is 0 Å². The quantitative estimate of drug-likeness (QED) is 0.714. The summed E-state index contributed by atoms with van der Waals surface area (Å²) in [5, 5.41) is 10.4. The Morgan fingerprint density at radius 1 is 1.04 bits per heavy atom. The minimum atomic E-state index is -0.716. The first kappa shape index (κ1) is 18.4. The Morgan fingerprint density at radius 2 is 1.70 bits per heavy atom. The summed E-state index contributed by atoms with van der Waals surface area (Å²) in [7, 11) is 1.59. The zero-order valence-electron chi connectivity index (χ0n) is 15.6. The monoisotopic (exact) mass is 367 g/mol. The fraction of sp³-hybridized carbons (Fsp3) is 0.250. The first-order chi connectivity index (χ1) is 13.0. The van der Waals surface area contributed by atoms with E-state index in [2.05, 4.69) is 15.6 Å². The van der Waals surface area contributed by atoms with Gasteiger partial charge in [0.2, 0.25) is 5.82 Å². The average molecular weight is 367 g/mol. The van der Waals surface area contributed by atoms with Crippen LogP contribution in [0.5, 0.6) is 11.5 Å². The van der Waals surface area contributed by atoms with Crippen molar-refractivity contribution < 1.29 is 18.9 Å². The standard InChI is InChI=1S/C20H21N3O4/c1-12-9-13(2)11-17(10-12)26-14(3)20(24)21-19-18(22-27-23-19)15-5-7-16(25-4)8-6-15/h5-11,14H,1-4H3,(H,21,23,24). The third-order valence-electron chi connectivity index (χ3n) is 3.97. The molecule has 0 aliphatic rings. The van der Waals surface area contributed by atoms with E-state index in [1.54, 1.807) is 26.2 Å². The van der Waals surface area contributed by atoms with Crippen LogP contribution in [0.4, 0.5) is 5.82 Å². The Kier molecular flexibility index (Phi) is 5.40. The van der Waals surface area contributed by atoms with Gasteiger partial charge in [-0.3, -0.25) is 4.79 Å². The normalized spacial score (nSPS) is 11.7. The van der Waals surface area contributed by atoms with E-state index in [9.17, 15) is 4.79 Å². The summed E-state index contributed by atoms with van der Waals surface area (Å²) in [5.41, 5.74) is 3.32. The van der Waals surface area contributed by atoms with Crippen molar-refractivity contribution in [2.24, 2.45) is 0 Å². The number of rotatable bonds is 6. The zero-order valence-corrected chi connectivity index (χ0v) is 15.6. The molecule has 0 saturated heterocycles. The molecule has 1 atom stereocenters. The number of benzene rings is 2. The minimum Gasteiger partial charge on any atom is -0.497 e. The second-order valence-corrected chi connectivity index (χ2v) is 6.26. The predicted molar refractivity (Wildman–Crippen MR) is 101 cm³/mol. The van der Waals surface area contributed by atoms with Crippen LogP contribution in [0, 0.1) is 13.8 Å². The van der Waals surface area contributed by atoms with E-state index >= 15 is 0 Å². The van der Waals surface area contributed by atoms with Gasteiger partial charge in [0, 0.05) is 5.56 Å². The number of amides is 1. The Labute approximate surface area is 157 Å². The third-order valence-corrected chi connectivity index (χ3v) is 3.97. The molecule has 0 aliphatic carbocycles. The molecule has 1 amide bonds. The number of anilines is 1. The molecule has 2 aromatic carbocycles. The molecule has 1 aromatic heterocycles. The number of nitrogens with zero attached hydrogens (tertiary/aromatic N) is 2. The highest BCUT2D eigenvalue weighted by Gasteiger charge is 2.20. The van der Waals surface area contributed by atoms with Crippen molar-refractivity contribution in [3.05, 3.63) is 53.6 Å². The highest BCUT2D eigenvalue weighted by Crippen LogP contribution is 2.26. The van der Waals surface area contributed by atoms with Crippen molar-refractivity contribution in [1.29, 1.82) is 0 Å². The van der Waals surface area contributed by atoms with Gasteiger partial charge in [0.15, 0.2) is 11.8 Å². The third kappa shape index (κ3) is 4.44. The maximum atomic E-state index is 12.5. The van der Waals surface area contributed by atoms with Crippen LogP contribution in [-0.2, 0) is 4.79 Å². The van der Waals surface area contributed by atoms with Gasteiger partial charge in [0.25, 0.3) is 5.91 Å². The van der Waals surface area contributed by atoms with Crippen molar-refractivity contribution in [3.8, 4) is 22.8 Å². The van der Waals surface area contributed by atoms with Gasteiger partial charge < -0.3 is 14.8 Å². The lowest BCUT2D eigenvalue weighted by Gasteiger charge is -2.15. The van der Waals surface area contributed by atoms with Crippen molar-refractivity contribution >= 4 is 11.7 Å². The average Bonchev–Trinajstić information content (AvgIpc) is 3.09. The van der Waals surface area contributed by atoms with E-state index in [4.69, 9.17) is 14.1 Å². The molecule has 0 aliphatic heterocycles. The lowest BCUT2D eigenvalue weighted by atomic mass is 10.1. The number of ether oxygens (including phenoxy) is 2. The van der Waals surface area contributed by atoms with Crippen molar-refractivity contribution in [1.82, 2.24) is 10.3 Å². The molecule has 140 valence electrons. The number of carbonyl (C=O) groups is 1. The van der Waals surface area contributed by atoms with Gasteiger partial charge in [0.05, 0.1) is 7.11 Å². The molecule has 1 heterocycles. The zero-order chi connectivity index (χ0) is 19.4. The van der Waals surface area contributed by atoms with Crippen LogP contribution in [0.3, 0.4) is 0 Å². The van der Waals surface area contributed by atoms with E-state index < -0.39 is 6.10 Å². The molecule has 27 heavy (non-hydrogen) atoms. The summed E-state index contributed by atoms with van der Waals surface area (Å²) in [6, 6.07) is 13.0. The van der Waals surface area contributed by atoms with Crippen LogP contribution in [0.2, 0.25) is 0 Å². The highest BCUT2D eigenvalue weighted by molar-refractivity contribution is 5.96. The highest BCUT2D eigenvalue weighted by atomic mass is 16.6. The summed E-state index contributed by atoms with van der Waals surface area (Å²) in [6.45, 7) is 5.63. The molecule has 0 bridgehead atoms. The SMILES string of the molecule is COc1ccc(-c2nonc2NC(=O)C(C)Oc2cc(C)cc(C)c2)cc1. The van der Waals surface area contributed by atoms with Gasteiger partial charge in [0.1, 0.15) is 11.5 Å². The fourth-order valence-corrected chi connectivity index (χ4v) is 2.69. The summed E-state index contributed by atoms with van der Waals surface area (Å²) in [5.74, 6) is 1.25. The van der Waals surface area contributed by atoms with Gasteiger partial charge >= 0.3 is 0 Å². The van der Waals surface area contributed by atoms with Crippen molar-refractivity contribution in [3.63, 3.8) is 0 Å². The number of carbonyl (C=O) groups excluding carboxylic acids is 1. The van der Waals surface area contributed by atoms with Gasteiger partial charge in [-0.05, 0) is 78.6 Å². The molecule has 3 rings (SSSR count). The minimum absolute atomic E-state index is 0.237. The summed E-state index contributed by atoms with van der Waals surface area (Å²) in [6.07, 6.45) is -0.716. The Bertz CT molecular complexity index is 914. The smallest absolute Gasteiger partial charge is 0.266 e. The molecule has 3 aromatic rings. The lowest BCUT2D eigenvalue weighted by molar-refractivity contribution is -0.122. The van der Waals surface area contributed by atoms with Crippen LogP contribution >= 0.6 is 0 Å². The second-order valence-electron chi connectivity index (χ2n) is 6.26. The predicted octanol–water partition coefficient (Wildman–Crippen LogP) is 3.77. The maximum absolute atomic E-state index is 12.5. The molecule has 7 nitrogen and oxygen atoms in total. The molecule has 1 unspecified atom stereocenters. The fourth-order valence-electron chi connectivity index (χ4n) is 2.69. The van der Waals surface area contributed by atoms with Crippen LogP contribution in [0.15, 0.2) is 47.1 Å². The molecule has 0 radical (unpaired) electrons. The Morgan fingerprint density at radius 3 is 2.33 bits per heavy atom. The molecule has 0 saturated carbocycles. The van der Waals surface area contributed by atoms with E-state index in [1.165, 1.54) is 0 Å². The van der Waals surface area contributed by atoms with Gasteiger partial charge in [-0.2, -0.15) is 0 Å². The van der Waals surface area contributed by atoms with Crippen LogP contribution < -0.4 is 14.8 Å². The first-order valence-electron chi connectivity index (χ1n) is 8.49. The van der Waals surface area contributed by atoms with Crippen LogP contribution in [-0.4, -0.2) is 29.4 Å². The van der Waals surface area contributed by atoms with Crippen molar-refractivity contribution in [2.75, 3.05) is 12.4 Å².